The van der Waals surface area contributed by atoms with Crippen molar-refractivity contribution in [2.24, 2.45) is 0 Å². The molecule has 13 heteroatoms. The first-order valence-electron chi connectivity index (χ1n) is 14.4. The summed E-state index contributed by atoms with van der Waals surface area (Å²) >= 11 is 0. The molecule has 1 unspecified atom stereocenters. The maximum Gasteiger partial charge on any atom is 0.419 e. The standard InChI is InChI=1S/C32H37N7O5S/c1-20-27(36-28(38(20)19-42-14-15-45(6)7)29(40)34-18-22-10-12-33-13-11-22)23-8-9-25-24(16-23)17-26(30-35-21(2)37-44-30)39(25)31(41)43-32(3,4)5/h8-13,16-17H,6,14-15,18-19H2,1-5,7H3,(H,34,40). The Hall–Kier alpha value is -4.62. The zero-order chi connectivity index (χ0) is 32.3. The highest BCUT2D eigenvalue weighted by Crippen LogP contribution is 2.33. The van der Waals surface area contributed by atoms with E-state index < -0.39 is 11.7 Å². The quantitative estimate of drug-likeness (QED) is 0.154. The Morgan fingerprint density at radius 1 is 1.09 bits per heavy atom. The van der Waals surface area contributed by atoms with Crippen LogP contribution in [0.15, 0.2) is 53.3 Å². The fraction of sp³-hybridized carbons (Fsp3) is 0.344. The van der Waals surface area contributed by atoms with Crippen LogP contribution in [0, 0.1) is 13.8 Å². The van der Waals surface area contributed by atoms with Gasteiger partial charge in [-0.05, 0) is 76.8 Å². The lowest BCUT2D eigenvalue weighted by Gasteiger charge is -2.20. The summed E-state index contributed by atoms with van der Waals surface area (Å²) in [4.78, 5) is 40.0. The molecule has 0 aliphatic rings. The predicted molar refractivity (Wildman–Crippen MR) is 174 cm³/mol. The zero-order valence-electron chi connectivity index (χ0n) is 26.3. The van der Waals surface area contributed by atoms with E-state index >= 15 is 0 Å². The first-order valence-corrected chi connectivity index (χ1v) is 16.3. The monoisotopic (exact) mass is 631 g/mol. The number of aryl methyl sites for hydroxylation is 1. The van der Waals surface area contributed by atoms with E-state index in [9.17, 15) is 9.59 Å². The van der Waals surface area contributed by atoms with Gasteiger partial charge in [0.05, 0.1) is 17.8 Å². The van der Waals surface area contributed by atoms with Crippen LogP contribution in [0.2, 0.25) is 0 Å². The van der Waals surface area contributed by atoms with Crippen LogP contribution in [-0.2, 0) is 22.7 Å². The number of fused-ring (bicyclic) bond motifs is 1. The van der Waals surface area contributed by atoms with Gasteiger partial charge >= 0.3 is 6.09 Å². The van der Waals surface area contributed by atoms with E-state index in [4.69, 9.17) is 19.0 Å². The largest absolute Gasteiger partial charge is 0.443 e. The van der Waals surface area contributed by atoms with Gasteiger partial charge in [-0.15, -0.1) is 0 Å². The van der Waals surface area contributed by atoms with Crippen molar-refractivity contribution < 1.29 is 23.6 Å². The molecule has 0 radical (unpaired) electrons. The number of ether oxygens (including phenoxy) is 2. The molecule has 0 bridgehead atoms. The highest BCUT2D eigenvalue weighted by atomic mass is 32.2. The second-order valence-electron chi connectivity index (χ2n) is 11.6. The number of rotatable bonds is 10. The third kappa shape index (κ3) is 7.37. The molecule has 0 fully saturated rings. The molecule has 1 atom stereocenters. The molecular formula is C32H37N7O5S. The van der Waals surface area contributed by atoms with Crippen molar-refractivity contribution in [1.82, 2.24) is 34.6 Å². The van der Waals surface area contributed by atoms with Gasteiger partial charge in [0.25, 0.3) is 11.8 Å². The second kappa shape index (κ2) is 13.2. The first-order chi connectivity index (χ1) is 21.4. The fourth-order valence-corrected chi connectivity index (χ4v) is 5.09. The summed E-state index contributed by atoms with van der Waals surface area (Å²) in [6.07, 6.45) is 4.85. The number of pyridine rings is 1. The van der Waals surface area contributed by atoms with Crippen LogP contribution in [0.3, 0.4) is 0 Å². The van der Waals surface area contributed by atoms with Gasteiger partial charge in [0.15, 0.2) is 5.82 Å². The van der Waals surface area contributed by atoms with E-state index in [-0.39, 0.29) is 34.8 Å². The number of benzene rings is 1. The number of amides is 1. The number of nitrogens with zero attached hydrogens (tertiary/aromatic N) is 6. The molecule has 1 N–H and O–H groups in total. The van der Waals surface area contributed by atoms with Crippen molar-refractivity contribution in [3.05, 3.63) is 71.7 Å². The van der Waals surface area contributed by atoms with Crippen molar-refractivity contribution in [2.45, 2.75) is 53.5 Å². The van der Waals surface area contributed by atoms with Gasteiger partial charge in [-0.25, -0.2) is 14.3 Å². The summed E-state index contributed by atoms with van der Waals surface area (Å²) in [6, 6.07) is 11.1. The lowest BCUT2D eigenvalue weighted by molar-refractivity contribution is 0.0546. The summed E-state index contributed by atoms with van der Waals surface area (Å²) in [5.74, 6) is 5.39. The van der Waals surface area contributed by atoms with Gasteiger partial charge in [-0.1, -0.05) is 17.1 Å². The SMILES string of the molecule is C=S(C)CCOCn1c(C(=O)NCc2ccncc2)nc(-c2ccc3c(c2)cc(-c2nc(C)no2)n3C(=O)OC(C)(C)C)c1C. The summed E-state index contributed by atoms with van der Waals surface area (Å²) < 4.78 is 20.3. The molecule has 45 heavy (non-hydrogen) atoms. The van der Waals surface area contributed by atoms with E-state index in [0.29, 0.717) is 35.9 Å². The van der Waals surface area contributed by atoms with Crippen molar-refractivity contribution in [3.63, 3.8) is 0 Å². The van der Waals surface area contributed by atoms with Gasteiger partial charge in [0.2, 0.25) is 5.82 Å². The number of hydrogen-bond donors (Lipinski definition) is 1. The molecule has 4 heterocycles. The lowest BCUT2D eigenvalue weighted by Crippen LogP contribution is -2.27. The number of carbonyl (C=O) groups is 2. The molecule has 0 saturated carbocycles. The van der Waals surface area contributed by atoms with Gasteiger partial charge in [0, 0.05) is 41.3 Å². The van der Waals surface area contributed by atoms with Crippen LogP contribution in [0.5, 0.6) is 0 Å². The number of carbonyl (C=O) groups excluding carboxylic acids is 2. The van der Waals surface area contributed by atoms with E-state index in [1.807, 2.05) is 37.3 Å². The summed E-state index contributed by atoms with van der Waals surface area (Å²) in [5, 5.41) is 7.58. The van der Waals surface area contributed by atoms with Crippen LogP contribution in [0.4, 0.5) is 4.79 Å². The molecule has 0 saturated heterocycles. The molecule has 5 aromatic rings. The van der Waals surface area contributed by atoms with E-state index in [1.165, 1.54) is 4.57 Å². The van der Waals surface area contributed by atoms with Crippen LogP contribution in [0.1, 0.15) is 48.5 Å². The van der Waals surface area contributed by atoms with Crippen LogP contribution >= 0.6 is 10.5 Å². The average Bonchev–Trinajstić information content (AvgIpc) is 3.68. The van der Waals surface area contributed by atoms with Gasteiger partial charge < -0.3 is 19.3 Å². The van der Waals surface area contributed by atoms with Gasteiger partial charge in [-0.2, -0.15) is 15.5 Å². The average molecular weight is 632 g/mol. The fourth-order valence-electron chi connectivity index (χ4n) is 4.68. The highest BCUT2D eigenvalue weighted by molar-refractivity contribution is 8.13. The minimum Gasteiger partial charge on any atom is -0.443 e. The molecule has 0 aliphatic heterocycles. The Kier molecular flexibility index (Phi) is 9.30. The predicted octanol–water partition coefficient (Wildman–Crippen LogP) is 5.58. The third-order valence-corrected chi connectivity index (χ3v) is 7.68. The molecule has 12 nitrogen and oxygen atoms in total. The number of imidazole rings is 1. The van der Waals surface area contributed by atoms with Crippen molar-refractivity contribution in [1.29, 1.82) is 0 Å². The Bertz CT molecular complexity index is 1870. The van der Waals surface area contributed by atoms with Crippen molar-refractivity contribution in [3.8, 4) is 22.8 Å². The van der Waals surface area contributed by atoms with Crippen molar-refractivity contribution >= 4 is 39.3 Å². The Morgan fingerprint density at radius 3 is 2.51 bits per heavy atom. The van der Waals surface area contributed by atoms with E-state index in [1.54, 1.807) is 50.7 Å². The molecule has 1 amide bonds. The summed E-state index contributed by atoms with van der Waals surface area (Å²) in [6.45, 7) is 10.0. The molecule has 0 aliphatic carbocycles. The van der Waals surface area contributed by atoms with Gasteiger partial charge in [-0.3, -0.25) is 14.3 Å². The maximum absolute atomic E-state index is 13.4. The first kappa shape index (κ1) is 31.8. The Balaban J connectivity index is 1.54. The Labute approximate surface area is 263 Å². The summed E-state index contributed by atoms with van der Waals surface area (Å²) in [5.41, 5.74) is 3.32. The molecule has 1 aromatic carbocycles. The minimum atomic E-state index is -0.720. The maximum atomic E-state index is 13.4. The van der Waals surface area contributed by atoms with Gasteiger partial charge in [0.1, 0.15) is 18.0 Å². The van der Waals surface area contributed by atoms with E-state index in [0.717, 1.165) is 28.0 Å². The molecule has 0 spiro atoms. The number of nitrogens with one attached hydrogen (secondary N) is 1. The number of hydrogen-bond acceptors (Lipinski definition) is 9. The second-order valence-corrected chi connectivity index (χ2v) is 13.6. The smallest absolute Gasteiger partial charge is 0.419 e. The van der Waals surface area contributed by atoms with Crippen LogP contribution < -0.4 is 5.32 Å². The topological polar surface area (TPSA) is 139 Å². The molecule has 4 aromatic heterocycles. The highest BCUT2D eigenvalue weighted by Gasteiger charge is 2.26. The molecule has 236 valence electrons. The molecule has 5 rings (SSSR count). The molecular weight excluding hydrogens is 594 g/mol. The lowest BCUT2D eigenvalue weighted by atomic mass is 10.1. The Morgan fingerprint density at radius 2 is 1.84 bits per heavy atom. The summed E-state index contributed by atoms with van der Waals surface area (Å²) in [7, 11) is -0.0114. The van der Waals surface area contributed by atoms with Crippen LogP contribution in [-0.4, -0.2) is 71.3 Å². The van der Waals surface area contributed by atoms with Crippen LogP contribution in [0.25, 0.3) is 33.7 Å². The van der Waals surface area contributed by atoms with E-state index in [2.05, 4.69) is 32.6 Å². The third-order valence-electron chi connectivity index (χ3n) is 6.82. The minimum absolute atomic E-state index is 0.0114. The zero-order valence-corrected chi connectivity index (χ0v) is 27.1. The number of aromatic nitrogens is 6. The normalized spacial score (nSPS) is 12.4. The van der Waals surface area contributed by atoms with Crippen molar-refractivity contribution in [2.75, 3.05) is 18.6 Å².